The molecule has 0 saturated carbocycles. The molecule has 2 N–H and O–H groups in total. The number of hydrogen-bond acceptors (Lipinski definition) is 4. The molecule has 1 rings (SSSR count). The zero-order valence-corrected chi connectivity index (χ0v) is 10.3. The lowest BCUT2D eigenvalue weighted by Gasteiger charge is -2.14. The van der Waals surface area contributed by atoms with Crippen molar-refractivity contribution in [1.29, 1.82) is 0 Å². The number of anilines is 1. The average Bonchev–Trinajstić information content (AvgIpc) is 2.33. The molecule has 0 heterocycles. The van der Waals surface area contributed by atoms with Gasteiger partial charge in [0.25, 0.3) is 0 Å². The highest BCUT2D eigenvalue weighted by molar-refractivity contribution is 5.71. The summed E-state index contributed by atoms with van der Waals surface area (Å²) in [5.74, 6) is 0.229. The van der Waals surface area contributed by atoms with Gasteiger partial charge in [0.15, 0.2) is 6.61 Å². The first-order valence-electron chi connectivity index (χ1n) is 5.83. The number of carbonyl (C=O) groups is 1. The van der Waals surface area contributed by atoms with E-state index in [1.807, 2.05) is 13.8 Å². The van der Waals surface area contributed by atoms with Crippen LogP contribution < -0.4 is 10.5 Å². The maximum Gasteiger partial charge on any atom is 0.344 e. The Morgan fingerprint density at radius 3 is 2.65 bits per heavy atom. The first-order chi connectivity index (χ1) is 8.15. The molecule has 0 saturated heterocycles. The lowest BCUT2D eigenvalue weighted by Crippen LogP contribution is -2.21. The molecule has 0 spiro atoms. The minimum atomic E-state index is -0.346. The van der Waals surface area contributed by atoms with E-state index in [0.717, 1.165) is 12.8 Å². The molecule has 0 unspecified atom stereocenters. The van der Waals surface area contributed by atoms with Crippen molar-refractivity contribution in [1.82, 2.24) is 0 Å². The van der Waals surface area contributed by atoms with E-state index in [9.17, 15) is 4.79 Å². The summed E-state index contributed by atoms with van der Waals surface area (Å²) < 4.78 is 10.5. The van der Waals surface area contributed by atoms with Crippen LogP contribution >= 0.6 is 0 Å². The zero-order chi connectivity index (χ0) is 12.7. The number of nitrogens with two attached hydrogens (primary N) is 1. The van der Waals surface area contributed by atoms with Crippen molar-refractivity contribution < 1.29 is 14.3 Å². The van der Waals surface area contributed by atoms with Crippen LogP contribution in [0.4, 0.5) is 5.69 Å². The predicted molar refractivity (Wildman–Crippen MR) is 66.8 cm³/mol. The summed E-state index contributed by atoms with van der Waals surface area (Å²) in [7, 11) is 0. The standard InChI is InChI=1S/C13H19NO3/c1-3-11(4-2)17-13(15)9-16-12-7-5-6-10(14)8-12/h5-8,11H,3-4,9,14H2,1-2H3. The monoisotopic (exact) mass is 237 g/mol. The highest BCUT2D eigenvalue weighted by atomic mass is 16.6. The van der Waals surface area contributed by atoms with Crippen LogP contribution in [0.25, 0.3) is 0 Å². The van der Waals surface area contributed by atoms with Gasteiger partial charge in [-0.3, -0.25) is 0 Å². The van der Waals surface area contributed by atoms with E-state index in [2.05, 4.69) is 0 Å². The minimum Gasteiger partial charge on any atom is -0.482 e. The van der Waals surface area contributed by atoms with Gasteiger partial charge in [-0.2, -0.15) is 0 Å². The van der Waals surface area contributed by atoms with Gasteiger partial charge >= 0.3 is 5.97 Å². The number of esters is 1. The fourth-order valence-electron chi connectivity index (χ4n) is 1.42. The first kappa shape index (κ1) is 13.4. The third-order valence-electron chi connectivity index (χ3n) is 2.42. The Balaban J connectivity index is 2.38. The van der Waals surface area contributed by atoms with Gasteiger partial charge in [0, 0.05) is 11.8 Å². The van der Waals surface area contributed by atoms with Gasteiger partial charge in [-0.1, -0.05) is 19.9 Å². The van der Waals surface area contributed by atoms with Gasteiger partial charge in [0.05, 0.1) is 0 Å². The van der Waals surface area contributed by atoms with E-state index in [0.29, 0.717) is 11.4 Å². The molecule has 1 aromatic carbocycles. The quantitative estimate of drug-likeness (QED) is 0.609. The molecule has 1 aromatic rings. The Bertz CT molecular complexity index is 361. The Kier molecular flexibility index (Phi) is 5.33. The van der Waals surface area contributed by atoms with E-state index in [4.69, 9.17) is 15.2 Å². The van der Waals surface area contributed by atoms with Gasteiger partial charge in [-0.05, 0) is 25.0 Å². The number of ether oxygens (including phenoxy) is 2. The molecule has 0 aliphatic heterocycles. The molecule has 94 valence electrons. The molecule has 0 fully saturated rings. The zero-order valence-electron chi connectivity index (χ0n) is 10.3. The lowest BCUT2D eigenvalue weighted by atomic mass is 10.2. The lowest BCUT2D eigenvalue weighted by molar-refractivity contribution is -0.151. The SMILES string of the molecule is CCC(CC)OC(=O)COc1cccc(N)c1. The second kappa shape index (κ2) is 6.78. The van der Waals surface area contributed by atoms with Crippen molar-refractivity contribution in [3.63, 3.8) is 0 Å². The minimum absolute atomic E-state index is 0.0213. The fraction of sp³-hybridized carbons (Fsp3) is 0.462. The number of nitrogen functional groups attached to an aromatic ring is 1. The molecule has 17 heavy (non-hydrogen) atoms. The van der Waals surface area contributed by atoms with Gasteiger partial charge in [-0.25, -0.2) is 4.79 Å². The van der Waals surface area contributed by atoms with Gasteiger partial charge in [0.1, 0.15) is 11.9 Å². The van der Waals surface area contributed by atoms with Gasteiger partial charge in [0.2, 0.25) is 0 Å². The fourth-order valence-corrected chi connectivity index (χ4v) is 1.42. The third kappa shape index (κ3) is 4.76. The molecular weight excluding hydrogens is 218 g/mol. The summed E-state index contributed by atoms with van der Waals surface area (Å²) in [4.78, 5) is 11.5. The van der Waals surface area contributed by atoms with E-state index in [-0.39, 0.29) is 18.7 Å². The molecule has 0 amide bonds. The number of carbonyl (C=O) groups excluding carboxylic acids is 1. The number of rotatable bonds is 6. The molecule has 0 bridgehead atoms. The van der Waals surface area contributed by atoms with Crippen LogP contribution in [0, 0.1) is 0 Å². The molecule has 0 aliphatic rings. The van der Waals surface area contributed by atoms with E-state index < -0.39 is 0 Å². The molecule has 4 nitrogen and oxygen atoms in total. The van der Waals surface area contributed by atoms with Crippen molar-refractivity contribution in [2.75, 3.05) is 12.3 Å². The van der Waals surface area contributed by atoms with E-state index in [1.165, 1.54) is 0 Å². The Morgan fingerprint density at radius 2 is 2.06 bits per heavy atom. The smallest absolute Gasteiger partial charge is 0.344 e. The van der Waals surface area contributed by atoms with E-state index in [1.54, 1.807) is 24.3 Å². The van der Waals surface area contributed by atoms with Crippen LogP contribution in [0.5, 0.6) is 5.75 Å². The summed E-state index contributed by atoms with van der Waals surface area (Å²) >= 11 is 0. The Hall–Kier alpha value is -1.71. The molecule has 0 atom stereocenters. The van der Waals surface area contributed by atoms with Crippen LogP contribution in [0.15, 0.2) is 24.3 Å². The van der Waals surface area contributed by atoms with Crippen LogP contribution in [0.1, 0.15) is 26.7 Å². The summed E-state index contributed by atoms with van der Waals surface area (Å²) in [5, 5.41) is 0. The van der Waals surface area contributed by atoms with Crippen molar-refractivity contribution in [2.45, 2.75) is 32.8 Å². The van der Waals surface area contributed by atoms with Gasteiger partial charge < -0.3 is 15.2 Å². The molecule has 0 aliphatic carbocycles. The van der Waals surface area contributed by atoms with Crippen LogP contribution in [-0.4, -0.2) is 18.7 Å². The molecule has 0 radical (unpaired) electrons. The Labute approximate surface area is 102 Å². The predicted octanol–water partition coefficient (Wildman–Crippen LogP) is 2.38. The summed E-state index contributed by atoms with van der Waals surface area (Å²) in [6.07, 6.45) is 1.62. The second-order valence-corrected chi connectivity index (χ2v) is 3.79. The summed E-state index contributed by atoms with van der Waals surface area (Å²) in [6.45, 7) is 3.89. The first-order valence-corrected chi connectivity index (χ1v) is 5.83. The molecular formula is C13H19NO3. The summed E-state index contributed by atoms with van der Waals surface area (Å²) in [6, 6.07) is 6.96. The highest BCUT2D eigenvalue weighted by Gasteiger charge is 2.10. The maximum atomic E-state index is 11.5. The normalized spacial score (nSPS) is 10.3. The number of benzene rings is 1. The van der Waals surface area contributed by atoms with Crippen molar-refractivity contribution in [3.05, 3.63) is 24.3 Å². The highest BCUT2D eigenvalue weighted by Crippen LogP contribution is 2.14. The van der Waals surface area contributed by atoms with Gasteiger partial charge in [-0.15, -0.1) is 0 Å². The van der Waals surface area contributed by atoms with Crippen molar-refractivity contribution >= 4 is 11.7 Å². The van der Waals surface area contributed by atoms with E-state index >= 15 is 0 Å². The largest absolute Gasteiger partial charge is 0.482 e. The Morgan fingerprint density at radius 1 is 1.35 bits per heavy atom. The molecule has 4 heteroatoms. The topological polar surface area (TPSA) is 61.5 Å². The van der Waals surface area contributed by atoms with Crippen LogP contribution in [0.3, 0.4) is 0 Å². The average molecular weight is 237 g/mol. The number of hydrogen-bond donors (Lipinski definition) is 1. The maximum absolute atomic E-state index is 11.5. The molecule has 0 aromatic heterocycles. The van der Waals surface area contributed by atoms with Crippen LogP contribution in [0.2, 0.25) is 0 Å². The summed E-state index contributed by atoms with van der Waals surface area (Å²) in [5.41, 5.74) is 6.20. The van der Waals surface area contributed by atoms with Crippen molar-refractivity contribution in [3.8, 4) is 5.75 Å². The van der Waals surface area contributed by atoms with Crippen molar-refractivity contribution in [2.24, 2.45) is 0 Å². The third-order valence-corrected chi connectivity index (χ3v) is 2.42. The van der Waals surface area contributed by atoms with Crippen LogP contribution in [-0.2, 0) is 9.53 Å². The second-order valence-electron chi connectivity index (χ2n) is 3.79.